The topological polar surface area (TPSA) is 115 Å². The van der Waals surface area contributed by atoms with E-state index >= 15 is 0 Å². The van der Waals surface area contributed by atoms with Crippen LogP contribution < -0.4 is 0 Å². The number of carboxylic acids is 1. The zero-order chi connectivity index (χ0) is 19.7. The Morgan fingerprint density at radius 2 is 1.67 bits per heavy atom. The molecule has 1 atom stereocenters. The molecule has 3 rings (SSSR count). The quantitative estimate of drug-likeness (QED) is 0.773. The summed E-state index contributed by atoms with van der Waals surface area (Å²) < 4.78 is 27.3. The number of rotatable bonds is 4. The molecule has 0 spiro atoms. The summed E-state index contributed by atoms with van der Waals surface area (Å²) in [5.74, 6) is -1.61. The van der Waals surface area contributed by atoms with Crippen LogP contribution in [0.25, 0.3) is 0 Å². The Labute approximate surface area is 158 Å². The fourth-order valence-electron chi connectivity index (χ4n) is 3.69. The minimum Gasteiger partial charge on any atom is -0.479 e. The lowest BCUT2D eigenvalue weighted by atomic mass is 9.91. The molecule has 2 fully saturated rings. The van der Waals surface area contributed by atoms with Crippen molar-refractivity contribution in [1.29, 1.82) is 0 Å². The molecule has 2 aliphatic heterocycles. The van der Waals surface area contributed by atoms with Gasteiger partial charge < -0.3 is 15.1 Å². The number of hydrogen-bond donors (Lipinski definition) is 2. The van der Waals surface area contributed by atoms with Crippen molar-refractivity contribution in [3.05, 3.63) is 30.3 Å². The van der Waals surface area contributed by atoms with Crippen molar-refractivity contribution < 1.29 is 28.2 Å². The number of piperidine rings is 2. The van der Waals surface area contributed by atoms with Gasteiger partial charge in [0, 0.05) is 32.5 Å². The van der Waals surface area contributed by atoms with Crippen LogP contribution in [-0.4, -0.2) is 71.0 Å². The van der Waals surface area contributed by atoms with Gasteiger partial charge >= 0.3 is 5.97 Å². The summed E-state index contributed by atoms with van der Waals surface area (Å²) >= 11 is 0. The molecule has 2 heterocycles. The summed E-state index contributed by atoms with van der Waals surface area (Å²) in [5, 5.41) is 19.1. The second kappa shape index (κ2) is 7.57. The molecule has 2 aliphatic rings. The smallest absolute Gasteiger partial charge is 0.335 e. The van der Waals surface area contributed by atoms with Crippen LogP contribution in [0.2, 0.25) is 0 Å². The molecule has 1 aromatic rings. The van der Waals surface area contributed by atoms with E-state index in [2.05, 4.69) is 0 Å². The van der Waals surface area contributed by atoms with E-state index in [1.54, 1.807) is 18.2 Å². The van der Waals surface area contributed by atoms with Gasteiger partial charge in [0.2, 0.25) is 15.9 Å². The molecule has 0 bridgehead atoms. The summed E-state index contributed by atoms with van der Waals surface area (Å²) in [4.78, 5) is 25.8. The minimum atomic E-state index is -3.79. The van der Waals surface area contributed by atoms with Crippen LogP contribution in [0, 0.1) is 0 Å². The lowest BCUT2D eigenvalue weighted by molar-refractivity contribution is -0.166. The largest absolute Gasteiger partial charge is 0.479 e. The molecule has 2 saturated heterocycles. The van der Waals surface area contributed by atoms with E-state index in [-0.39, 0.29) is 43.3 Å². The summed E-state index contributed by atoms with van der Waals surface area (Å²) in [7, 11) is -3.79. The van der Waals surface area contributed by atoms with Crippen molar-refractivity contribution in [2.45, 2.75) is 48.6 Å². The number of sulfonamides is 1. The van der Waals surface area contributed by atoms with E-state index < -0.39 is 27.6 Å². The zero-order valence-corrected chi connectivity index (χ0v) is 15.8. The van der Waals surface area contributed by atoms with Gasteiger partial charge in [0.15, 0.2) is 5.60 Å². The van der Waals surface area contributed by atoms with Crippen LogP contribution in [-0.2, 0) is 19.6 Å². The number of carboxylic acid groups (broad SMARTS) is 1. The summed E-state index contributed by atoms with van der Waals surface area (Å²) in [6.45, 7) is 0.468. The predicted molar refractivity (Wildman–Crippen MR) is 96.4 cm³/mol. The molecule has 0 aliphatic carbocycles. The highest BCUT2D eigenvalue weighted by Crippen LogP contribution is 2.29. The van der Waals surface area contributed by atoms with Crippen molar-refractivity contribution in [2.75, 3.05) is 19.6 Å². The van der Waals surface area contributed by atoms with Gasteiger partial charge in [-0.3, -0.25) is 4.79 Å². The Morgan fingerprint density at radius 3 is 2.26 bits per heavy atom. The first-order valence-corrected chi connectivity index (χ1v) is 10.5. The Kier molecular flexibility index (Phi) is 5.55. The molecule has 0 saturated carbocycles. The molecule has 27 heavy (non-hydrogen) atoms. The number of benzene rings is 1. The van der Waals surface area contributed by atoms with Crippen molar-refractivity contribution in [1.82, 2.24) is 9.21 Å². The number of carbonyl (C=O) groups is 2. The van der Waals surface area contributed by atoms with E-state index in [1.807, 2.05) is 0 Å². The molecule has 0 radical (unpaired) electrons. The van der Waals surface area contributed by atoms with Crippen LogP contribution >= 0.6 is 0 Å². The average molecular weight is 396 g/mol. The maximum atomic E-state index is 13.0. The molecular formula is C18H24N2O6S. The second-order valence-electron chi connectivity index (χ2n) is 7.10. The van der Waals surface area contributed by atoms with Crippen molar-refractivity contribution in [3.63, 3.8) is 0 Å². The summed E-state index contributed by atoms with van der Waals surface area (Å²) in [6, 6.07) is 7.25. The fraction of sp³-hybridized carbons (Fsp3) is 0.556. The first kappa shape index (κ1) is 19.8. The molecule has 8 nitrogen and oxygen atoms in total. The van der Waals surface area contributed by atoms with E-state index in [4.69, 9.17) is 5.11 Å². The van der Waals surface area contributed by atoms with Gasteiger partial charge in [-0.05, 0) is 25.0 Å². The Bertz CT molecular complexity index is 802. The second-order valence-corrected chi connectivity index (χ2v) is 8.99. The minimum absolute atomic E-state index is 0.0633. The van der Waals surface area contributed by atoms with E-state index in [1.165, 1.54) is 21.3 Å². The first-order valence-electron chi connectivity index (χ1n) is 9.07. The predicted octanol–water partition coefficient (Wildman–Crippen LogP) is 0.668. The molecule has 148 valence electrons. The van der Waals surface area contributed by atoms with Crippen LogP contribution in [0.5, 0.6) is 0 Å². The average Bonchev–Trinajstić information content (AvgIpc) is 2.68. The van der Waals surface area contributed by atoms with E-state index in [0.717, 1.165) is 6.42 Å². The molecule has 1 amide bonds. The molecule has 1 aromatic carbocycles. The monoisotopic (exact) mass is 396 g/mol. The lowest BCUT2D eigenvalue weighted by Gasteiger charge is -2.40. The van der Waals surface area contributed by atoms with E-state index in [0.29, 0.717) is 12.8 Å². The zero-order valence-electron chi connectivity index (χ0n) is 15.0. The normalized spacial score (nSPS) is 23.7. The fourth-order valence-corrected chi connectivity index (χ4v) is 5.36. The van der Waals surface area contributed by atoms with Gasteiger partial charge in [-0.25, -0.2) is 13.2 Å². The number of likely N-dealkylation sites (tertiary alicyclic amines) is 1. The third-order valence-corrected chi connectivity index (χ3v) is 7.31. The molecule has 0 aromatic heterocycles. The number of aliphatic carboxylic acids is 1. The van der Waals surface area contributed by atoms with Gasteiger partial charge in [-0.15, -0.1) is 0 Å². The summed E-state index contributed by atoms with van der Waals surface area (Å²) in [6.07, 6.45) is 1.75. The standard InChI is InChI=1S/C18H24N2O6S/c21-16(19-12-9-18(24,10-13-19)17(22)23)15-8-4-5-11-20(15)27(25,26)14-6-2-1-3-7-14/h1-3,6-7,15,24H,4-5,8-13H2,(H,22,23). The maximum Gasteiger partial charge on any atom is 0.335 e. The van der Waals surface area contributed by atoms with Crippen molar-refractivity contribution >= 4 is 21.9 Å². The van der Waals surface area contributed by atoms with Crippen molar-refractivity contribution in [3.8, 4) is 0 Å². The molecule has 9 heteroatoms. The van der Waals surface area contributed by atoms with Crippen LogP contribution in [0.1, 0.15) is 32.1 Å². The highest BCUT2D eigenvalue weighted by molar-refractivity contribution is 7.89. The molecule has 1 unspecified atom stereocenters. The number of hydrogen-bond acceptors (Lipinski definition) is 5. The lowest BCUT2D eigenvalue weighted by Crippen LogP contribution is -2.57. The molecule has 2 N–H and O–H groups in total. The highest BCUT2D eigenvalue weighted by Gasteiger charge is 2.44. The molecular weight excluding hydrogens is 372 g/mol. The van der Waals surface area contributed by atoms with Crippen LogP contribution in [0.15, 0.2) is 35.2 Å². The summed E-state index contributed by atoms with van der Waals surface area (Å²) in [5.41, 5.74) is -1.82. The van der Waals surface area contributed by atoms with Crippen LogP contribution in [0.3, 0.4) is 0 Å². The Hall–Kier alpha value is -1.97. The van der Waals surface area contributed by atoms with Gasteiger partial charge in [0.25, 0.3) is 0 Å². The Balaban J connectivity index is 1.78. The third-order valence-electron chi connectivity index (χ3n) is 5.39. The van der Waals surface area contributed by atoms with E-state index in [9.17, 15) is 23.1 Å². The third kappa shape index (κ3) is 3.85. The number of carbonyl (C=O) groups excluding carboxylic acids is 1. The SMILES string of the molecule is O=C(C1CCCCN1S(=O)(=O)c1ccccc1)N1CCC(O)(C(=O)O)CC1. The van der Waals surface area contributed by atoms with Gasteiger partial charge in [-0.2, -0.15) is 4.31 Å². The first-order chi connectivity index (χ1) is 12.8. The number of nitrogens with zero attached hydrogens (tertiary/aromatic N) is 2. The number of aliphatic hydroxyl groups is 1. The number of amides is 1. The van der Waals surface area contributed by atoms with Gasteiger partial charge in [-0.1, -0.05) is 24.6 Å². The van der Waals surface area contributed by atoms with Crippen LogP contribution in [0.4, 0.5) is 0 Å². The Morgan fingerprint density at radius 1 is 1.04 bits per heavy atom. The highest BCUT2D eigenvalue weighted by atomic mass is 32.2. The van der Waals surface area contributed by atoms with Gasteiger partial charge in [0.1, 0.15) is 6.04 Å². The maximum absolute atomic E-state index is 13.0. The van der Waals surface area contributed by atoms with Gasteiger partial charge in [0.05, 0.1) is 4.90 Å². The van der Waals surface area contributed by atoms with Crippen molar-refractivity contribution in [2.24, 2.45) is 0 Å².